The summed E-state index contributed by atoms with van der Waals surface area (Å²) in [7, 11) is 1.66. The molecule has 0 saturated carbocycles. The quantitative estimate of drug-likeness (QED) is 0.652. The maximum Gasteiger partial charge on any atom is 0.158 e. The first-order chi connectivity index (χ1) is 10.8. The van der Waals surface area contributed by atoms with Gasteiger partial charge < -0.3 is 18.9 Å². The van der Waals surface area contributed by atoms with Crippen LogP contribution in [0, 0.1) is 0 Å². The molecule has 0 unspecified atom stereocenters. The fraction of sp³-hybridized carbons (Fsp3) is 0.556. The van der Waals surface area contributed by atoms with Gasteiger partial charge in [0.05, 0.1) is 26.4 Å². The van der Waals surface area contributed by atoms with Gasteiger partial charge in [0.25, 0.3) is 0 Å². The summed E-state index contributed by atoms with van der Waals surface area (Å²) in [6, 6.07) is 7.89. The van der Waals surface area contributed by atoms with Gasteiger partial charge in [-0.2, -0.15) is 0 Å². The molecule has 1 fully saturated rings. The molecular formula is C18H26O4. The second-order valence-electron chi connectivity index (χ2n) is 5.44. The maximum atomic E-state index is 5.97. The number of ether oxygens (including phenoxy) is 4. The molecule has 4 nitrogen and oxygen atoms in total. The van der Waals surface area contributed by atoms with Gasteiger partial charge >= 0.3 is 0 Å². The minimum Gasteiger partial charge on any atom is -0.497 e. The fourth-order valence-corrected chi connectivity index (χ4v) is 2.41. The molecule has 22 heavy (non-hydrogen) atoms. The van der Waals surface area contributed by atoms with Crippen LogP contribution in [0.3, 0.4) is 0 Å². The molecular weight excluding hydrogens is 280 g/mol. The lowest BCUT2D eigenvalue weighted by atomic mass is 10.2. The zero-order chi connectivity index (χ0) is 15.6. The van der Waals surface area contributed by atoms with E-state index in [0.717, 1.165) is 43.6 Å². The van der Waals surface area contributed by atoms with Gasteiger partial charge in [0.1, 0.15) is 5.75 Å². The van der Waals surface area contributed by atoms with Crippen LogP contribution in [0.25, 0.3) is 0 Å². The minimum atomic E-state index is -0.0942. The monoisotopic (exact) mass is 306 g/mol. The molecule has 1 heterocycles. The third-order valence-corrected chi connectivity index (χ3v) is 3.64. The Morgan fingerprint density at radius 3 is 2.77 bits per heavy atom. The molecule has 1 aromatic carbocycles. The lowest BCUT2D eigenvalue weighted by molar-refractivity contribution is -0.197. The van der Waals surface area contributed by atoms with Crippen LogP contribution in [-0.2, 0) is 20.8 Å². The topological polar surface area (TPSA) is 36.9 Å². The highest BCUT2D eigenvalue weighted by molar-refractivity contribution is 5.26. The Bertz CT molecular complexity index is 423. The van der Waals surface area contributed by atoms with E-state index in [1.165, 1.54) is 0 Å². The summed E-state index contributed by atoms with van der Waals surface area (Å²) in [6.45, 7) is 5.68. The van der Waals surface area contributed by atoms with E-state index in [0.29, 0.717) is 13.2 Å². The molecule has 1 aromatic rings. The highest BCUT2D eigenvalue weighted by atomic mass is 16.7. The first-order valence-electron chi connectivity index (χ1n) is 7.90. The van der Waals surface area contributed by atoms with Crippen LogP contribution in [-0.4, -0.2) is 32.7 Å². The van der Waals surface area contributed by atoms with Gasteiger partial charge in [0.2, 0.25) is 0 Å². The van der Waals surface area contributed by atoms with Gasteiger partial charge in [0, 0.05) is 6.61 Å². The fourth-order valence-electron chi connectivity index (χ4n) is 2.41. The van der Waals surface area contributed by atoms with Crippen LogP contribution in [0.2, 0.25) is 0 Å². The van der Waals surface area contributed by atoms with Crippen molar-refractivity contribution in [2.45, 2.75) is 44.7 Å². The third kappa shape index (κ3) is 5.79. The Balaban J connectivity index is 1.73. The third-order valence-electron chi connectivity index (χ3n) is 3.64. The number of hydrogen-bond donors (Lipinski definition) is 0. The summed E-state index contributed by atoms with van der Waals surface area (Å²) in [5.74, 6) is 0.853. The smallest absolute Gasteiger partial charge is 0.158 e. The number of methoxy groups -OCH3 is 1. The summed E-state index contributed by atoms with van der Waals surface area (Å²) in [4.78, 5) is 0. The molecule has 0 N–H and O–H groups in total. The van der Waals surface area contributed by atoms with Crippen molar-refractivity contribution in [3.63, 3.8) is 0 Å². The molecule has 2 atom stereocenters. The standard InChI is InChI=1S/C18H26O4/c1-3-6-17(22-18-7-4-5-12-21-18)14-20-13-15-8-10-16(19-2)11-9-15/h3,8-11,17-18H,1,4-7,12-14H2,2H3/t17-,18-/m1/s1. The van der Waals surface area contributed by atoms with Gasteiger partial charge in [-0.25, -0.2) is 0 Å². The van der Waals surface area contributed by atoms with Crippen LogP contribution in [0.5, 0.6) is 5.75 Å². The van der Waals surface area contributed by atoms with Crippen molar-refractivity contribution in [1.82, 2.24) is 0 Å². The SMILES string of the molecule is C=CC[C@H](COCc1ccc(OC)cc1)O[C@@H]1CCCCO1. The second-order valence-corrected chi connectivity index (χ2v) is 5.44. The van der Waals surface area contributed by atoms with Crippen LogP contribution < -0.4 is 4.74 Å². The summed E-state index contributed by atoms with van der Waals surface area (Å²) < 4.78 is 22.5. The average molecular weight is 306 g/mol. The van der Waals surface area contributed by atoms with Crippen molar-refractivity contribution in [3.05, 3.63) is 42.5 Å². The lowest BCUT2D eigenvalue weighted by Crippen LogP contribution is -2.30. The Kier molecular flexibility index (Phi) is 7.43. The van der Waals surface area contributed by atoms with E-state index in [2.05, 4.69) is 6.58 Å². The first-order valence-corrected chi connectivity index (χ1v) is 7.90. The van der Waals surface area contributed by atoms with Crippen LogP contribution in [0.15, 0.2) is 36.9 Å². The van der Waals surface area contributed by atoms with Crippen LogP contribution >= 0.6 is 0 Å². The largest absolute Gasteiger partial charge is 0.497 e. The summed E-state index contributed by atoms with van der Waals surface area (Å²) >= 11 is 0. The van der Waals surface area contributed by atoms with Gasteiger partial charge in [-0.1, -0.05) is 18.2 Å². The van der Waals surface area contributed by atoms with E-state index in [-0.39, 0.29) is 12.4 Å². The molecule has 0 aliphatic carbocycles. The average Bonchev–Trinajstić information content (AvgIpc) is 2.56. The van der Waals surface area contributed by atoms with Gasteiger partial charge in [0.15, 0.2) is 6.29 Å². The van der Waals surface area contributed by atoms with Crippen molar-refractivity contribution in [1.29, 1.82) is 0 Å². The summed E-state index contributed by atoms with van der Waals surface area (Å²) in [5.41, 5.74) is 1.12. The van der Waals surface area contributed by atoms with Crippen LogP contribution in [0.1, 0.15) is 31.2 Å². The molecule has 1 saturated heterocycles. The first kappa shape index (κ1) is 17.0. The Morgan fingerprint density at radius 2 is 2.14 bits per heavy atom. The molecule has 1 aliphatic heterocycles. The lowest BCUT2D eigenvalue weighted by Gasteiger charge is -2.27. The highest BCUT2D eigenvalue weighted by Crippen LogP contribution is 2.17. The van der Waals surface area contributed by atoms with E-state index in [1.807, 2.05) is 30.3 Å². The molecule has 0 bridgehead atoms. The second kappa shape index (κ2) is 9.62. The molecule has 1 aliphatic rings. The van der Waals surface area contributed by atoms with Gasteiger partial charge in [-0.05, 0) is 43.4 Å². The maximum absolute atomic E-state index is 5.97. The van der Waals surface area contributed by atoms with Crippen molar-refractivity contribution in [3.8, 4) is 5.75 Å². The zero-order valence-electron chi connectivity index (χ0n) is 13.3. The Morgan fingerprint density at radius 1 is 1.32 bits per heavy atom. The number of rotatable bonds is 9. The molecule has 122 valence electrons. The number of hydrogen-bond acceptors (Lipinski definition) is 4. The van der Waals surface area contributed by atoms with E-state index in [4.69, 9.17) is 18.9 Å². The van der Waals surface area contributed by atoms with Crippen molar-refractivity contribution < 1.29 is 18.9 Å². The van der Waals surface area contributed by atoms with E-state index in [1.54, 1.807) is 7.11 Å². The molecule has 4 heteroatoms. The predicted octanol–water partition coefficient (Wildman–Crippen LogP) is 3.70. The Labute approximate surface area is 133 Å². The van der Waals surface area contributed by atoms with Crippen molar-refractivity contribution in [2.24, 2.45) is 0 Å². The normalized spacial score (nSPS) is 19.6. The van der Waals surface area contributed by atoms with E-state index < -0.39 is 0 Å². The van der Waals surface area contributed by atoms with Gasteiger partial charge in [-0.15, -0.1) is 6.58 Å². The van der Waals surface area contributed by atoms with Gasteiger partial charge in [-0.3, -0.25) is 0 Å². The zero-order valence-corrected chi connectivity index (χ0v) is 13.3. The summed E-state index contributed by atoms with van der Waals surface area (Å²) in [6.07, 6.45) is 5.79. The molecule has 0 aromatic heterocycles. The van der Waals surface area contributed by atoms with Crippen molar-refractivity contribution >= 4 is 0 Å². The van der Waals surface area contributed by atoms with Crippen molar-refractivity contribution in [2.75, 3.05) is 20.3 Å². The van der Waals surface area contributed by atoms with Crippen LogP contribution in [0.4, 0.5) is 0 Å². The highest BCUT2D eigenvalue weighted by Gasteiger charge is 2.19. The Hall–Kier alpha value is -1.36. The molecule has 0 amide bonds. The molecule has 2 rings (SSSR count). The predicted molar refractivity (Wildman–Crippen MR) is 85.9 cm³/mol. The van der Waals surface area contributed by atoms with E-state index >= 15 is 0 Å². The molecule has 0 radical (unpaired) electrons. The summed E-state index contributed by atoms with van der Waals surface area (Å²) in [5, 5.41) is 0. The number of benzene rings is 1. The molecule has 0 spiro atoms. The van der Waals surface area contributed by atoms with E-state index in [9.17, 15) is 0 Å². The minimum absolute atomic E-state index is 0.00107.